The summed E-state index contributed by atoms with van der Waals surface area (Å²) < 4.78 is 0. The molecule has 3 rings (SSSR count). The van der Waals surface area contributed by atoms with Crippen molar-refractivity contribution in [3.63, 3.8) is 0 Å². The molecule has 0 aromatic rings. The number of hydrogen-bond acceptors (Lipinski definition) is 1. The molecule has 0 N–H and O–H groups in total. The highest BCUT2D eigenvalue weighted by Gasteiger charge is 2.64. The molecule has 0 aromatic carbocycles. The van der Waals surface area contributed by atoms with Crippen LogP contribution >= 0.6 is 0 Å². The first kappa shape index (κ1) is 10.6. The average molecular weight is 218 g/mol. The van der Waals surface area contributed by atoms with Crippen LogP contribution < -0.4 is 0 Å². The maximum absolute atomic E-state index is 11.9. The minimum Gasteiger partial charge on any atom is -0.295 e. The summed E-state index contributed by atoms with van der Waals surface area (Å²) in [5.41, 5.74) is 1.97. The molecule has 2 saturated carbocycles. The van der Waals surface area contributed by atoms with Crippen molar-refractivity contribution in [1.82, 2.24) is 0 Å². The fourth-order valence-electron chi connectivity index (χ4n) is 4.49. The fraction of sp³-hybridized carbons (Fsp3) is 0.800. The number of rotatable bonds is 0. The number of hydrogen-bond donors (Lipinski definition) is 0. The van der Waals surface area contributed by atoms with Gasteiger partial charge in [-0.15, -0.1) is 0 Å². The van der Waals surface area contributed by atoms with E-state index in [0.29, 0.717) is 23.0 Å². The van der Waals surface area contributed by atoms with Crippen molar-refractivity contribution >= 4 is 5.78 Å². The van der Waals surface area contributed by atoms with Crippen molar-refractivity contribution in [3.05, 3.63) is 11.6 Å². The Morgan fingerprint density at radius 2 is 1.94 bits per heavy atom. The van der Waals surface area contributed by atoms with Crippen molar-refractivity contribution in [1.29, 1.82) is 0 Å². The first-order valence-corrected chi connectivity index (χ1v) is 6.70. The van der Waals surface area contributed by atoms with Gasteiger partial charge >= 0.3 is 0 Å². The van der Waals surface area contributed by atoms with Gasteiger partial charge in [-0.05, 0) is 48.0 Å². The summed E-state index contributed by atoms with van der Waals surface area (Å²) in [6.45, 7) is 9.23. The zero-order chi connectivity index (χ0) is 11.7. The minimum atomic E-state index is 0.254. The van der Waals surface area contributed by atoms with Crippen molar-refractivity contribution in [2.75, 3.05) is 0 Å². The van der Waals surface area contributed by atoms with Gasteiger partial charge in [-0.3, -0.25) is 4.79 Å². The van der Waals surface area contributed by atoms with Gasteiger partial charge in [0.25, 0.3) is 0 Å². The summed E-state index contributed by atoms with van der Waals surface area (Å²) in [5, 5.41) is 0. The molecule has 1 heteroatoms. The standard InChI is InChI=1S/C15H22O/c1-8-5-6-11-14(15(11,3)4)13-9(2)12(16)7-10(8)13/h7-9,11,13-14H,5-6H2,1-4H3/t8-,9+,11-,13-,14-/m1/s1. The van der Waals surface area contributed by atoms with Crippen LogP contribution in [0, 0.1) is 35.0 Å². The number of fused-ring (bicyclic) bond motifs is 3. The second-order valence-electron chi connectivity index (χ2n) is 6.79. The van der Waals surface area contributed by atoms with Gasteiger partial charge in [0, 0.05) is 5.92 Å². The van der Waals surface area contributed by atoms with Gasteiger partial charge in [-0.25, -0.2) is 0 Å². The monoisotopic (exact) mass is 218 g/mol. The van der Waals surface area contributed by atoms with E-state index in [2.05, 4.69) is 27.7 Å². The first-order valence-electron chi connectivity index (χ1n) is 6.70. The molecule has 3 aliphatic carbocycles. The minimum absolute atomic E-state index is 0.254. The lowest BCUT2D eigenvalue weighted by molar-refractivity contribution is -0.118. The lowest BCUT2D eigenvalue weighted by atomic mass is 9.80. The van der Waals surface area contributed by atoms with E-state index in [1.807, 2.05) is 6.08 Å². The van der Waals surface area contributed by atoms with Crippen molar-refractivity contribution < 1.29 is 4.79 Å². The molecule has 0 amide bonds. The molecule has 0 unspecified atom stereocenters. The van der Waals surface area contributed by atoms with Gasteiger partial charge in [0.2, 0.25) is 0 Å². The molecule has 0 heterocycles. The average Bonchev–Trinajstić information content (AvgIpc) is 2.68. The van der Waals surface area contributed by atoms with Crippen molar-refractivity contribution in [2.45, 2.75) is 40.5 Å². The lowest BCUT2D eigenvalue weighted by Gasteiger charge is -2.23. The Kier molecular flexibility index (Phi) is 1.98. The van der Waals surface area contributed by atoms with Crippen molar-refractivity contribution in [2.24, 2.45) is 35.0 Å². The molecule has 0 bridgehead atoms. The SMILES string of the molecule is C[C@@H]1CC[C@@H]2[C@H]([C@H]3C1=CC(=O)[C@@H]3C)C2(C)C. The van der Waals surface area contributed by atoms with E-state index in [-0.39, 0.29) is 5.92 Å². The predicted octanol–water partition coefficient (Wildman–Crippen LogP) is 3.45. The van der Waals surface area contributed by atoms with Crippen LogP contribution in [0.3, 0.4) is 0 Å². The van der Waals surface area contributed by atoms with Gasteiger partial charge in [-0.2, -0.15) is 0 Å². The zero-order valence-electron chi connectivity index (χ0n) is 10.8. The normalized spacial score (nSPS) is 49.1. The Hall–Kier alpha value is -0.590. The third-order valence-corrected chi connectivity index (χ3v) is 5.69. The number of carbonyl (C=O) groups is 1. The number of allylic oxidation sites excluding steroid dienone is 2. The van der Waals surface area contributed by atoms with E-state index in [9.17, 15) is 4.79 Å². The third-order valence-electron chi connectivity index (χ3n) is 5.69. The van der Waals surface area contributed by atoms with Crippen LogP contribution in [0.1, 0.15) is 40.5 Å². The smallest absolute Gasteiger partial charge is 0.159 e. The second kappa shape index (κ2) is 3.00. The van der Waals surface area contributed by atoms with Crippen LogP contribution in [0.2, 0.25) is 0 Å². The molecular formula is C15H22O. The summed E-state index contributed by atoms with van der Waals surface area (Å²) in [6.07, 6.45) is 4.64. The van der Waals surface area contributed by atoms with Gasteiger partial charge in [-0.1, -0.05) is 33.3 Å². The Labute approximate surface area is 98.3 Å². The van der Waals surface area contributed by atoms with Crippen LogP contribution in [-0.2, 0) is 4.79 Å². The summed E-state index contributed by atoms with van der Waals surface area (Å²) in [7, 11) is 0. The van der Waals surface area contributed by atoms with Crippen LogP contribution in [-0.4, -0.2) is 5.78 Å². The maximum atomic E-state index is 11.9. The maximum Gasteiger partial charge on any atom is 0.159 e. The Morgan fingerprint density at radius 3 is 2.62 bits per heavy atom. The first-order chi connectivity index (χ1) is 7.44. The highest BCUT2D eigenvalue weighted by atomic mass is 16.1. The summed E-state index contributed by atoms with van der Waals surface area (Å²) >= 11 is 0. The molecule has 5 atom stereocenters. The molecule has 0 spiro atoms. The van der Waals surface area contributed by atoms with E-state index < -0.39 is 0 Å². The van der Waals surface area contributed by atoms with Crippen LogP contribution in [0.5, 0.6) is 0 Å². The van der Waals surface area contributed by atoms with Crippen LogP contribution in [0.25, 0.3) is 0 Å². The molecular weight excluding hydrogens is 196 g/mol. The van der Waals surface area contributed by atoms with Crippen LogP contribution in [0.15, 0.2) is 11.6 Å². The fourth-order valence-corrected chi connectivity index (χ4v) is 4.49. The van der Waals surface area contributed by atoms with Gasteiger partial charge in [0.1, 0.15) is 0 Å². The molecule has 88 valence electrons. The van der Waals surface area contributed by atoms with Gasteiger partial charge < -0.3 is 0 Å². The Morgan fingerprint density at radius 1 is 1.25 bits per heavy atom. The second-order valence-corrected chi connectivity index (χ2v) is 6.79. The quantitative estimate of drug-likeness (QED) is 0.608. The largest absolute Gasteiger partial charge is 0.295 e. The molecule has 3 aliphatic rings. The lowest BCUT2D eigenvalue weighted by Crippen LogP contribution is -2.19. The third kappa shape index (κ3) is 1.15. The van der Waals surface area contributed by atoms with E-state index in [1.54, 1.807) is 0 Å². The molecule has 0 saturated heterocycles. The number of carbonyl (C=O) groups excluding carboxylic acids is 1. The Bertz CT molecular complexity index is 377. The zero-order valence-corrected chi connectivity index (χ0v) is 10.8. The van der Waals surface area contributed by atoms with E-state index in [1.165, 1.54) is 18.4 Å². The van der Waals surface area contributed by atoms with E-state index >= 15 is 0 Å². The van der Waals surface area contributed by atoms with E-state index in [4.69, 9.17) is 0 Å². The summed E-state index contributed by atoms with van der Waals surface area (Å²) in [4.78, 5) is 11.9. The molecule has 0 aromatic heterocycles. The predicted molar refractivity (Wildman–Crippen MR) is 64.9 cm³/mol. The summed E-state index contributed by atoms with van der Waals surface area (Å²) in [5.74, 6) is 3.51. The van der Waals surface area contributed by atoms with Crippen LogP contribution in [0.4, 0.5) is 0 Å². The number of ketones is 1. The Balaban J connectivity index is 2.00. The molecule has 0 radical (unpaired) electrons. The topological polar surface area (TPSA) is 17.1 Å². The van der Waals surface area contributed by atoms with Gasteiger partial charge in [0.05, 0.1) is 0 Å². The van der Waals surface area contributed by atoms with Crippen molar-refractivity contribution in [3.8, 4) is 0 Å². The molecule has 2 fully saturated rings. The molecule has 0 aliphatic heterocycles. The van der Waals surface area contributed by atoms with Gasteiger partial charge in [0.15, 0.2) is 5.78 Å². The molecule has 16 heavy (non-hydrogen) atoms. The highest BCUT2D eigenvalue weighted by Crippen LogP contribution is 2.69. The molecule has 1 nitrogen and oxygen atoms in total. The van der Waals surface area contributed by atoms with E-state index in [0.717, 1.165) is 11.8 Å². The highest BCUT2D eigenvalue weighted by molar-refractivity contribution is 5.95. The summed E-state index contributed by atoms with van der Waals surface area (Å²) in [6, 6.07) is 0.